The molecular weight excluding hydrogens is 569 g/mol. The van der Waals surface area contributed by atoms with Crippen LogP contribution in [0.25, 0.3) is 0 Å². The highest BCUT2D eigenvalue weighted by molar-refractivity contribution is 7.92. The third kappa shape index (κ3) is 7.77. The van der Waals surface area contributed by atoms with Crippen LogP contribution in [0.3, 0.4) is 0 Å². The van der Waals surface area contributed by atoms with Crippen LogP contribution in [0.5, 0.6) is 0 Å². The van der Waals surface area contributed by atoms with Gasteiger partial charge in [0.25, 0.3) is 10.0 Å². The Morgan fingerprint density at radius 3 is 2.23 bits per heavy atom. The lowest BCUT2D eigenvalue weighted by Crippen LogP contribution is -2.52. The Hall–Kier alpha value is -3.07. The molecule has 0 saturated heterocycles. The number of hydrogen-bond acceptors (Lipinski definition) is 4. The molecule has 2 amide bonds. The summed E-state index contributed by atoms with van der Waals surface area (Å²) in [7, 11) is -4.24. The molecule has 1 atom stereocenters. The molecule has 0 saturated carbocycles. The van der Waals surface area contributed by atoms with Gasteiger partial charge >= 0.3 is 0 Å². The maximum Gasteiger partial charge on any atom is 0.264 e. The number of nitrogens with zero attached hydrogens (tertiary/aromatic N) is 2. The number of sulfonamides is 1. The van der Waals surface area contributed by atoms with E-state index in [2.05, 4.69) is 5.32 Å². The fraction of sp³-hybridized carbons (Fsp3) is 0.333. The molecule has 0 aromatic heterocycles. The van der Waals surface area contributed by atoms with Gasteiger partial charge in [-0.2, -0.15) is 0 Å². The third-order valence-corrected chi connectivity index (χ3v) is 9.08. The van der Waals surface area contributed by atoms with Crippen molar-refractivity contribution in [3.05, 3.63) is 94.0 Å². The Balaban J connectivity index is 2.06. The van der Waals surface area contributed by atoms with E-state index in [-0.39, 0.29) is 33.1 Å². The van der Waals surface area contributed by atoms with Gasteiger partial charge in [-0.25, -0.2) is 8.42 Å². The summed E-state index contributed by atoms with van der Waals surface area (Å²) in [4.78, 5) is 28.7. The van der Waals surface area contributed by atoms with Crippen molar-refractivity contribution in [3.63, 3.8) is 0 Å². The van der Waals surface area contributed by atoms with Gasteiger partial charge in [0, 0.05) is 13.1 Å². The fourth-order valence-electron chi connectivity index (χ4n) is 4.24. The van der Waals surface area contributed by atoms with E-state index in [4.69, 9.17) is 23.2 Å². The molecule has 0 heterocycles. The predicted molar refractivity (Wildman–Crippen MR) is 161 cm³/mol. The number of benzene rings is 3. The Kier molecular flexibility index (Phi) is 11.4. The van der Waals surface area contributed by atoms with E-state index < -0.39 is 28.5 Å². The van der Waals surface area contributed by atoms with Gasteiger partial charge in [-0.1, -0.05) is 97.6 Å². The van der Waals surface area contributed by atoms with Crippen LogP contribution in [0, 0.1) is 6.92 Å². The molecular formula is C30H35Cl2N3O4S. The molecule has 3 aromatic rings. The number of unbranched alkanes of at least 4 members (excludes halogenated alkanes) is 1. The normalized spacial score (nSPS) is 12.0. The lowest BCUT2D eigenvalue weighted by Gasteiger charge is -2.33. The van der Waals surface area contributed by atoms with Crippen molar-refractivity contribution in [2.24, 2.45) is 0 Å². The highest BCUT2D eigenvalue weighted by Gasteiger charge is 2.34. The standard InChI is InChI=1S/C30H35Cl2N3O4S/c1-4-6-19-33-30(37)26(5-2)34(20-23-11-8-7-9-12-23)28(36)21-35(27-14-10-13-25(31)29(27)32)40(38,39)24-17-15-22(3)16-18-24/h7-18,26H,4-6,19-21H2,1-3H3,(H,33,37)/t26-/m1/s1. The first-order chi connectivity index (χ1) is 19.1. The quantitative estimate of drug-likeness (QED) is 0.235. The maximum atomic E-state index is 14.1. The molecule has 0 spiro atoms. The molecule has 40 heavy (non-hydrogen) atoms. The third-order valence-electron chi connectivity index (χ3n) is 6.50. The number of carbonyl (C=O) groups is 2. The number of rotatable bonds is 13. The first kappa shape index (κ1) is 31.5. The number of amides is 2. The van der Waals surface area contributed by atoms with E-state index in [1.807, 2.05) is 51.1 Å². The van der Waals surface area contributed by atoms with Crippen molar-refractivity contribution in [1.82, 2.24) is 10.2 Å². The van der Waals surface area contributed by atoms with E-state index in [1.54, 1.807) is 24.3 Å². The molecule has 0 aliphatic rings. The Labute approximate surface area is 247 Å². The van der Waals surface area contributed by atoms with Crippen molar-refractivity contribution in [1.29, 1.82) is 0 Å². The lowest BCUT2D eigenvalue weighted by atomic mass is 10.1. The smallest absolute Gasteiger partial charge is 0.264 e. The van der Waals surface area contributed by atoms with E-state index in [0.717, 1.165) is 28.3 Å². The molecule has 1 N–H and O–H groups in total. The van der Waals surface area contributed by atoms with Gasteiger partial charge in [0.15, 0.2) is 0 Å². The summed E-state index contributed by atoms with van der Waals surface area (Å²) < 4.78 is 28.9. The van der Waals surface area contributed by atoms with Crippen LogP contribution in [0.4, 0.5) is 5.69 Å². The summed E-state index contributed by atoms with van der Waals surface area (Å²) >= 11 is 12.7. The zero-order chi connectivity index (χ0) is 29.3. The predicted octanol–water partition coefficient (Wildman–Crippen LogP) is 6.22. The summed E-state index contributed by atoms with van der Waals surface area (Å²) in [5.74, 6) is -0.831. The van der Waals surface area contributed by atoms with Gasteiger partial charge in [0.05, 0.1) is 20.6 Å². The number of nitrogens with one attached hydrogen (secondary N) is 1. The van der Waals surface area contributed by atoms with Gasteiger partial charge < -0.3 is 10.2 Å². The number of carbonyl (C=O) groups excluding carboxylic acids is 2. The second kappa shape index (κ2) is 14.5. The van der Waals surface area contributed by atoms with Crippen LogP contribution in [-0.2, 0) is 26.2 Å². The van der Waals surface area contributed by atoms with Gasteiger partial charge in [0.2, 0.25) is 11.8 Å². The van der Waals surface area contributed by atoms with E-state index in [1.165, 1.54) is 23.1 Å². The molecule has 0 radical (unpaired) electrons. The first-order valence-electron chi connectivity index (χ1n) is 13.2. The monoisotopic (exact) mass is 603 g/mol. The van der Waals surface area contributed by atoms with E-state index in [0.29, 0.717) is 13.0 Å². The van der Waals surface area contributed by atoms with Gasteiger partial charge in [-0.15, -0.1) is 0 Å². The van der Waals surface area contributed by atoms with Gasteiger partial charge in [-0.05, 0) is 49.6 Å². The molecule has 0 unspecified atom stereocenters. The highest BCUT2D eigenvalue weighted by Crippen LogP contribution is 2.35. The summed E-state index contributed by atoms with van der Waals surface area (Å²) in [6.45, 7) is 5.74. The second-order valence-corrected chi connectivity index (χ2v) is 12.1. The van der Waals surface area contributed by atoms with Crippen LogP contribution < -0.4 is 9.62 Å². The zero-order valence-electron chi connectivity index (χ0n) is 22.9. The van der Waals surface area contributed by atoms with Gasteiger partial charge in [-0.3, -0.25) is 13.9 Å². The largest absolute Gasteiger partial charge is 0.354 e. The number of anilines is 1. The Morgan fingerprint density at radius 2 is 1.60 bits per heavy atom. The summed E-state index contributed by atoms with van der Waals surface area (Å²) in [5.41, 5.74) is 1.77. The molecule has 214 valence electrons. The highest BCUT2D eigenvalue weighted by atomic mass is 35.5. The first-order valence-corrected chi connectivity index (χ1v) is 15.4. The molecule has 7 nitrogen and oxygen atoms in total. The molecule has 3 aromatic carbocycles. The minimum atomic E-state index is -4.24. The SMILES string of the molecule is CCCCNC(=O)[C@@H](CC)N(Cc1ccccc1)C(=O)CN(c1cccc(Cl)c1Cl)S(=O)(=O)c1ccc(C)cc1. The minimum Gasteiger partial charge on any atom is -0.354 e. The van der Waals surface area contributed by atoms with Gasteiger partial charge in [0.1, 0.15) is 12.6 Å². The average Bonchev–Trinajstić information content (AvgIpc) is 2.94. The zero-order valence-corrected chi connectivity index (χ0v) is 25.3. The number of aryl methyl sites for hydroxylation is 1. The Bertz CT molecular complexity index is 1400. The lowest BCUT2D eigenvalue weighted by molar-refractivity contribution is -0.140. The van der Waals surface area contributed by atoms with Crippen LogP contribution in [-0.4, -0.2) is 44.3 Å². The average molecular weight is 605 g/mol. The van der Waals surface area contributed by atoms with Crippen molar-refractivity contribution < 1.29 is 18.0 Å². The Morgan fingerprint density at radius 1 is 0.925 bits per heavy atom. The van der Waals surface area contributed by atoms with Crippen molar-refractivity contribution in [2.45, 2.75) is 57.5 Å². The van der Waals surface area contributed by atoms with Crippen LogP contribution >= 0.6 is 23.2 Å². The molecule has 0 bridgehead atoms. The molecule has 10 heteroatoms. The maximum absolute atomic E-state index is 14.1. The summed E-state index contributed by atoms with van der Waals surface area (Å²) in [6.07, 6.45) is 2.07. The number of hydrogen-bond donors (Lipinski definition) is 1. The van der Waals surface area contributed by atoms with Crippen molar-refractivity contribution in [3.8, 4) is 0 Å². The minimum absolute atomic E-state index is 0.000835. The second-order valence-electron chi connectivity index (χ2n) is 9.47. The summed E-state index contributed by atoms with van der Waals surface area (Å²) in [5, 5.41) is 3.07. The van der Waals surface area contributed by atoms with Crippen LogP contribution in [0.1, 0.15) is 44.2 Å². The number of halogens is 2. The van der Waals surface area contributed by atoms with Crippen LogP contribution in [0.2, 0.25) is 10.0 Å². The molecule has 3 rings (SSSR count). The fourth-order valence-corrected chi connectivity index (χ4v) is 6.12. The van der Waals surface area contributed by atoms with Crippen molar-refractivity contribution >= 4 is 50.7 Å². The summed E-state index contributed by atoms with van der Waals surface area (Å²) in [6, 6.07) is 19.4. The molecule has 0 aliphatic heterocycles. The topological polar surface area (TPSA) is 86.8 Å². The van der Waals surface area contributed by atoms with Crippen molar-refractivity contribution in [2.75, 3.05) is 17.4 Å². The van der Waals surface area contributed by atoms with E-state index >= 15 is 0 Å². The van der Waals surface area contributed by atoms with E-state index in [9.17, 15) is 18.0 Å². The molecule has 0 aliphatic carbocycles. The van der Waals surface area contributed by atoms with Crippen LogP contribution in [0.15, 0.2) is 77.7 Å². The molecule has 0 fully saturated rings.